The van der Waals surface area contributed by atoms with Crippen LogP contribution in [-0.2, 0) is 96.2 Å². The number of Topliss-reactive ketones (excluding diaryl/α,β-unsaturated/α-hetero) is 1. The summed E-state index contributed by atoms with van der Waals surface area (Å²) in [6.07, 6.45) is 8.15. The fourth-order valence-corrected chi connectivity index (χ4v) is 11.8. The first-order valence-corrected chi connectivity index (χ1v) is 35.4. The molecule has 0 atom stereocenters. The second kappa shape index (κ2) is 29.8. The van der Waals surface area contributed by atoms with Gasteiger partial charge in [-0.1, -0.05) is 53.7 Å². The van der Waals surface area contributed by atoms with E-state index < -0.39 is 72.5 Å². The van der Waals surface area contributed by atoms with Gasteiger partial charge in [-0.3, -0.25) is 9.78 Å². The van der Waals surface area contributed by atoms with E-state index in [-0.39, 0.29) is 81.0 Å². The molecule has 3 saturated heterocycles. The fraction of sp³-hybridized carbons (Fsp3) is 0.569. The zero-order valence-electron chi connectivity index (χ0n) is 58.5. The monoisotopic (exact) mass is 1480 g/mol. The lowest BCUT2D eigenvalue weighted by atomic mass is 9.49. The summed E-state index contributed by atoms with van der Waals surface area (Å²) in [6, 6.07) is 17.1. The van der Waals surface area contributed by atoms with Gasteiger partial charge in [0.05, 0.1) is 33.6 Å². The Kier molecular flexibility index (Phi) is 25.4. The molecule has 16 nitrogen and oxygen atoms in total. The largest absolute Gasteiger partial charge is 0.534 e. The number of aryl methyl sites for hydroxylation is 4. The number of pyridine rings is 1. The standard InChI is InChI=1S/C16H20BFO2.C14H23N.C12H24B2O4.C11H8F4O3S.C10H9FO.C2F6O5S2/c1-15(2)16(3,4)20-17(19-15)14-7-5-6-11-10-12(18)8-9-13(11)14;1-10-8-11(13(2,3)4)15-12(9-10)14(5,6)7;1-9(2)10(3,4)16-13(15-9)14-17-11(5,6)12(7,8)18-14;12-8-4-5-9-7(6-8)2-1-3-10(9)18-19(16,17)11(13,14)15;11-8-4-5-9-7(6-8)2-1-3-10(9)12;3-1(4,5)14(9,10)13-15(11,12)2(6,7)8/h7-10H,5-6H2,1-4H3;8-9H,1-7H3;1-8H3;3-6H,1-2H2;4-6H,1-3H2;. The van der Waals surface area contributed by atoms with Crippen molar-refractivity contribution in [1.29, 1.82) is 0 Å². The van der Waals surface area contributed by atoms with Crippen molar-refractivity contribution in [2.75, 3.05) is 0 Å². The Morgan fingerprint density at radius 3 is 1.15 bits per heavy atom. The molecule has 34 heteroatoms. The fourth-order valence-electron chi connectivity index (χ4n) is 9.71. The van der Waals surface area contributed by atoms with Crippen LogP contribution in [0, 0.1) is 24.4 Å². The number of ketones is 1. The van der Waals surface area contributed by atoms with Crippen molar-refractivity contribution in [2.24, 2.45) is 0 Å². The quantitative estimate of drug-likeness (QED) is 0.0761. The van der Waals surface area contributed by atoms with E-state index in [1.165, 1.54) is 47.3 Å². The summed E-state index contributed by atoms with van der Waals surface area (Å²) in [5, 5.41) is 0. The maximum atomic E-state index is 13.4. The molecule has 4 aromatic rings. The molecule has 550 valence electrons. The van der Waals surface area contributed by atoms with E-state index in [1.54, 1.807) is 12.1 Å². The predicted octanol–water partition coefficient (Wildman–Crippen LogP) is 16.0. The van der Waals surface area contributed by atoms with Crippen molar-refractivity contribution in [3.8, 4) is 0 Å². The summed E-state index contributed by atoms with van der Waals surface area (Å²) in [6.45, 7) is 39.8. The van der Waals surface area contributed by atoms with Gasteiger partial charge >= 0.3 is 68.0 Å². The molecule has 3 fully saturated rings. The second-order valence-electron chi connectivity index (χ2n) is 29.1. The first-order chi connectivity index (χ1) is 44.5. The number of aromatic nitrogens is 1. The van der Waals surface area contributed by atoms with Crippen LogP contribution in [0.5, 0.6) is 0 Å². The molecule has 0 unspecified atom stereocenters. The third-order valence-electron chi connectivity index (χ3n) is 17.5. The number of alkyl halides is 9. The second-order valence-corrected chi connectivity index (χ2v) is 33.9. The number of hydrogen-bond donors (Lipinski definition) is 0. The van der Waals surface area contributed by atoms with Gasteiger partial charge in [-0.05, 0) is 229 Å². The van der Waals surface area contributed by atoms with Crippen LogP contribution in [-0.4, -0.2) is 107 Å². The average Bonchev–Trinajstić information content (AvgIpc) is 1.62. The van der Waals surface area contributed by atoms with Gasteiger partial charge < -0.3 is 32.1 Å². The highest BCUT2D eigenvalue weighted by Gasteiger charge is 2.64. The van der Waals surface area contributed by atoms with E-state index in [0.717, 1.165) is 60.0 Å². The smallest absolute Gasteiger partial charge is 0.405 e. The molecule has 0 amide bonds. The minimum Gasteiger partial charge on any atom is -0.405 e. The molecule has 3 aliphatic carbocycles. The third kappa shape index (κ3) is 21.0. The molecular formula is C65H84B3F12NO15S3. The summed E-state index contributed by atoms with van der Waals surface area (Å²) in [7, 11) is -20.7. The highest BCUT2D eigenvalue weighted by molar-refractivity contribution is 8.00. The number of rotatable bonds is 6. The van der Waals surface area contributed by atoms with Gasteiger partial charge in [0.2, 0.25) is 0 Å². The number of allylic oxidation sites excluding steroid dienone is 2. The van der Waals surface area contributed by atoms with Crippen molar-refractivity contribution in [1.82, 2.24) is 4.98 Å². The molecule has 0 radical (unpaired) electrons. The number of carbonyl (C=O) groups is 1. The van der Waals surface area contributed by atoms with E-state index in [9.17, 15) is 82.7 Å². The van der Waals surface area contributed by atoms with Gasteiger partial charge in [-0.15, -0.1) is 3.63 Å². The lowest BCUT2D eigenvalue weighted by Gasteiger charge is -2.32. The topological polar surface area (TPSA) is 206 Å². The summed E-state index contributed by atoms with van der Waals surface area (Å²) in [4.78, 5) is 16.1. The molecule has 0 spiro atoms. The zero-order chi connectivity index (χ0) is 75.9. The summed E-state index contributed by atoms with van der Waals surface area (Å²) in [5.41, 5.74) is -10.9. The van der Waals surface area contributed by atoms with E-state index in [0.29, 0.717) is 24.0 Å². The van der Waals surface area contributed by atoms with Crippen LogP contribution in [0.3, 0.4) is 0 Å². The number of nitrogens with zero attached hydrogens (tertiary/aromatic N) is 1. The molecule has 99 heavy (non-hydrogen) atoms. The van der Waals surface area contributed by atoms with E-state index in [1.807, 2.05) is 92.8 Å². The number of benzene rings is 3. The van der Waals surface area contributed by atoms with Gasteiger partial charge in [-0.25, -0.2) is 13.2 Å². The van der Waals surface area contributed by atoms with Crippen LogP contribution < -0.4 is 0 Å². The molecule has 4 heterocycles. The number of fused-ring (bicyclic) bond motifs is 3. The highest BCUT2D eigenvalue weighted by Crippen LogP contribution is 2.45. The third-order valence-corrected chi connectivity index (χ3v) is 21.0. The molecule has 10 rings (SSSR count). The lowest BCUT2D eigenvalue weighted by molar-refractivity contribution is -0.0586. The first kappa shape index (κ1) is 84.3. The van der Waals surface area contributed by atoms with Crippen molar-refractivity contribution >= 4 is 68.5 Å². The Morgan fingerprint density at radius 1 is 0.444 bits per heavy atom. The van der Waals surface area contributed by atoms with Gasteiger partial charge in [0.15, 0.2) is 5.78 Å². The highest BCUT2D eigenvalue weighted by atomic mass is 32.3. The van der Waals surface area contributed by atoms with Crippen LogP contribution >= 0.6 is 0 Å². The van der Waals surface area contributed by atoms with E-state index in [4.69, 9.17) is 32.9 Å². The Balaban J connectivity index is 0.000000216. The van der Waals surface area contributed by atoms with Crippen molar-refractivity contribution in [2.45, 2.75) is 237 Å². The maximum Gasteiger partial charge on any atom is 0.534 e. The van der Waals surface area contributed by atoms with E-state index >= 15 is 0 Å². The van der Waals surface area contributed by atoms with Crippen LogP contribution in [0.4, 0.5) is 52.7 Å². The minimum absolute atomic E-state index is 0.131. The minimum atomic E-state index is -6.85. The number of halogens is 12. The molecule has 1 aromatic heterocycles. The Bertz CT molecular complexity index is 3860. The molecule has 0 bridgehead atoms. The Labute approximate surface area is 573 Å². The Morgan fingerprint density at radius 2 is 0.778 bits per heavy atom. The van der Waals surface area contributed by atoms with Crippen LogP contribution in [0.2, 0.25) is 0 Å². The first-order valence-electron chi connectivity index (χ1n) is 31.2. The average molecular weight is 1480 g/mol. The van der Waals surface area contributed by atoms with Gasteiger partial charge in [0.25, 0.3) is 0 Å². The van der Waals surface area contributed by atoms with Crippen molar-refractivity contribution in [3.63, 3.8) is 0 Å². The summed E-state index contributed by atoms with van der Waals surface area (Å²) < 4.78 is 248. The lowest BCUT2D eigenvalue weighted by Crippen LogP contribution is -2.41. The van der Waals surface area contributed by atoms with Gasteiger partial charge in [0, 0.05) is 39.8 Å². The molecular weight excluding hydrogens is 1390 g/mol. The molecule has 3 aliphatic heterocycles. The van der Waals surface area contributed by atoms with Crippen LogP contribution in [0.1, 0.15) is 205 Å². The maximum absolute atomic E-state index is 13.4. The number of carbonyl (C=O) groups excluding carboxylic acids is 1. The van der Waals surface area contributed by atoms with Crippen molar-refractivity contribution in [3.05, 3.63) is 147 Å². The zero-order valence-corrected chi connectivity index (χ0v) is 61.0. The van der Waals surface area contributed by atoms with Crippen molar-refractivity contribution < 1.29 is 118 Å². The van der Waals surface area contributed by atoms with Crippen LogP contribution in [0.25, 0.3) is 11.2 Å². The number of hydrogen-bond acceptors (Lipinski definition) is 16. The van der Waals surface area contributed by atoms with E-state index in [2.05, 4.69) is 70.9 Å². The normalized spacial score (nSPS) is 19.8. The predicted molar refractivity (Wildman–Crippen MR) is 351 cm³/mol. The molecule has 0 N–H and O–H groups in total. The molecule has 0 saturated carbocycles. The van der Waals surface area contributed by atoms with Crippen LogP contribution in [0.15, 0.2) is 78.9 Å². The van der Waals surface area contributed by atoms with Gasteiger partial charge in [0.1, 0.15) is 23.2 Å². The summed E-state index contributed by atoms with van der Waals surface area (Å²) in [5.74, 6) is -1.24. The SMILES string of the molecule is CC1(C)OB(B2OC(C)(C)C(C)(C)O2)OC1(C)C.CC1(C)OB(C2=CCCc3cc(F)ccc32)OC1(C)C.Cc1cc(C(C)(C)C)nc(C(C)(C)C)c1.O=C1CCCc2cc(F)ccc21.O=S(=O)(OC1=CCCc2cc(F)ccc21)C(F)(F)F.O=S(=O)(OS(=O)(=O)C(F)(F)F)C(F)(F)F. The Hall–Kier alpha value is -5.32. The molecule has 6 aliphatic rings. The molecule has 3 aromatic carbocycles. The summed E-state index contributed by atoms with van der Waals surface area (Å²) >= 11 is 0. The van der Waals surface area contributed by atoms with Gasteiger partial charge in [-0.2, -0.15) is 64.8 Å².